The summed E-state index contributed by atoms with van der Waals surface area (Å²) in [5.74, 6) is 1.71. The van der Waals surface area contributed by atoms with Crippen LogP contribution in [-0.2, 0) is 0 Å². The number of guanidine groups is 1. The van der Waals surface area contributed by atoms with Crippen molar-refractivity contribution in [1.82, 2.24) is 20.4 Å². The summed E-state index contributed by atoms with van der Waals surface area (Å²) in [5, 5.41) is 7.22. The minimum Gasteiger partial charge on any atom is -0.356 e. The van der Waals surface area contributed by atoms with Crippen LogP contribution in [0.3, 0.4) is 0 Å². The summed E-state index contributed by atoms with van der Waals surface area (Å²) in [5.41, 5.74) is 0.305. The number of nitrogens with zero attached hydrogens (tertiary/aromatic N) is 3. The van der Waals surface area contributed by atoms with Crippen LogP contribution in [0.5, 0.6) is 0 Å². The molecule has 0 bridgehead atoms. The lowest BCUT2D eigenvalue weighted by Gasteiger charge is -2.50. The first-order chi connectivity index (χ1) is 12.1. The Hall–Kier alpha value is -0.810. The predicted octanol–water partition coefficient (Wildman–Crippen LogP) is 2.54. The third-order valence-corrected chi connectivity index (χ3v) is 6.47. The molecule has 5 heteroatoms. The summed E-state index contributed by atoms with van der Waals surface area (Å²) in [6, 6.07) is 0. The van der Waals surface area contributed by atoms with Gasteiger partial charge in [-0.05, 0) is 64.8 Å². The standard InChI is InChI=1S/C20H41N5/c1-5-18(6-2)16-22-19(21-3)23-17-20(10-14-24(4)15-11-20)25-12-8-7-9-13-25/h18H,5-17H2,1-4H3,(H2,21,22,23). The molecule has 2 N–H and O–H groups in total. The van der Waals surface area contributed by atoms with E-state index in [1.165, 1.54) is 71.1 Å². The van der Waals surface area contributed by atoms with Gasteiger partial charge < -0.3 is 15.5 Å². The van der Waals surface area contributed by atoms with E-state index in [2.05, 4.69) is 46.3 Å². The molecule has 0 radical (unpaired) electrons. The highest BCUT2D eigenvalue weighted by Gasteiger charge is 2.39. The molecule has 25 heavy (non-hydrogen) atoms. The molecule has 0 spiro atoms. The van der Waals surface area contributed by atoms with Gasteiger partial charge in [-0.25, -0.2) is 0 Å². The van der Waals surface area contributed by atoms with Gasteiger partial charge >= 0.3 is 0 Å². The maximum atomic E-state index is 4.47. The molecule has 2 aliphatic heterocycles. The molecular formula is C20H41N5. The Morgan fingerprint density at radius 3 is 2.20 bits per heavy atom. The van der Waals surface area contributed by atoms with E-state index in [1.807, 2.05) is 7.05 Å². The summed E-state index contributed by atoms with van der Waals surface area (Å²) in [6.45, 7) is 11.5. The Bertz CT molecular complexity index is 391. The maximum Gasteiger partial charge on any atom is 0.191 e. The van der Waals surface area contributed by atoms with Crippen LogP contribution in [0.2, 0.25) is 0 Å². The van der Waals surface area contributed by atoms with E-state index in [0.717, 1.165) is 25.0 Å². The zero-order chi connectivity index (χ0) is 18.1. The highest BCUT2D eigenvalue weighted by Crippen LogP contribution is 2.30. The van der Waals surface area contributed by atoms with Crippen molar-refractivity contribution in [3.8, 4) is 0 Å². The Morgan fingerprint density at radius 2 is 1.64 bits per heavy atom. The molecule has 0 aliphatic carbocycles. The second kappa shape index (κ2) is 10.4. The van der Waals surface area contributed by atoms with Gasteiger partial charge in [-0.2, -0.15) is 0 Å². The minimum absolute atomic E-state index is 0.305. The molecule has 2 heterocycles. The first kappa shape index (κ1) is 20.5. The first-order valence-corrected chi connectivity index (χ1v) is 10.5. The van der Waals surface area contributed by atoms with Crippen LogP contribution in [0, 0.1) is 5.92 Å². The molecule has 146 valence electrons. The van der Waals surface area contributed by atoms with Crippen molar-refractivity contribution in [3.63, 3.8) is 0 Å². The van der Waals surface area contributed by atoms with Crippen LogP contribution in [0.4, 0.5) is 0 Å². The second-order valence-electron chi connectivity index (χ2n) is 8.06. The fraction of sp³-hybridized carbons (Fsp3) is 0.950. The van der Waals surface area contributed by atoms with E-state index in [4.69, 9.17) is 0 Å². The number of hydrogen-bond acceptors (Lipinski definition) is 3. The van der Waals surface area contributed by atoms with Gasteiger partial charge in [0.15, 0.2) is 5.96 Å². The minimum atomic E-state index is 0.305. The van der Waals surface area contributed by atoms with Crippen molar-refractivity contribution in [1.29, 1.82) is 0 Å². The summed E-state index contributed by atoms with van der Waals surface area (Å²) >= 11 is 0. The highest BCUT2D eigenvalue weighted by atomic mass is 15.3. The van der Waals surface area contributed by atoms with E-state index < -0.39 is 0 Å². The van der Waals surface area contributed by atoms with E-state index in [1.54, 1.807) is 0 Å². The predicted molar refractivity (Wildman–Crippen MR) is 108 cm³/mol. The average Bonchev–Trinajstić information content (AvgIpc) is 2.67. The SMILES string of the molecule is CCC(CC)CNC(=NC)NCC1(N2CCCCC2)CCN(C)CC1. The van der Waals surface area contributed by atoms with Gasteiger partial charge in [0.25, 0.3) is 0 Å². The summed E-state index contributed by atoms with van der Waals surface area (Å²) in [4.78, 5) is 9.73. The van der Waals surface area contributed by atoms with Gasteiger partial charge in [0.2, 0.25) is 0 Å². The number of aliphatic imine (C=N–C) groups is 1. The quantitative estimate of drug-likeness (QED) is 0.546. The molecule has 0 saturated carbocycles. The zero-order valence-corrected chi connectivity index (χ0v) is 17.1. The number of hydrogen-bond donors (Lipinski definition) is 2. The van der Waals surface area contributed by atoms with E-state index >= 15 is 0 Å². The number of piperidine rings is 2. The maximum absolute atomic E-state index is 4.47. The van der Waals surface area contributed by atoms with Crippen LogP contribution < -0.4 is 10.6 Å². The van der Waals surface area contributed by atoms with Gasteiger partial charge in [0.05, 0.1) is 0 Å². The molecule has 0 atom stereocenters. The Balaban J connectivity index is 1.94. The van der Waals surface area contributed by atoms with Gasteiger partial charge in [-0.3, -0.25) is 9.89 Å². The third kappa shape index (κ3) is 5.85. The van der Waals surface area contributed by atoms with Crippen molar-refractivity contribution in [2.24, 2.45) is 10.9 Å². The van der Waals surface area contributed by atoms with Crippen LogP contribution in [0.25, 0.3) is 0 Å². The van der Waals surface area contributed by atoms with Gasteiger partial charge in [-0.15, -0.1) is 0 Å². The van der Waals surface area contributed by atoms with Crippen molar-refractivity contribution in [3.05, 3.63) is 0 Å². The Labute approximate surface area is 155 Å². The summed E-state index contributed by atoms with van der Waals surface area (Å²) < 4.78 is 0. The van der Waals surface area contributed by atoms with Crippen molar-refractivity contribution in [2.45, 2.75) is 64.3 Å². The molecule has 5 nitrogen and oxygen atoms in total. The molecule has 2 saturated heterocycles. The largest absolute Gasteiger partial charge is 0.356 e. The normalized spacial score (nSPS) is 23.0. The lowest BCUT2D eigenvalue weighted by molar-refractivity contribution is 0.0173. The van der Waals surface area contributed by atoms with E-state index in [-0.39, 0.29) is 0 Å². The summed E-state index contributed by atoms with van der Waals surface area (Å²) in [6.07, 6.45) is 9.10. The van der Waals surface area contributed by atoms with Crippen molar-refractivity contribution < 1.29 is 0 Å². The molecule has 0 unspecified atom stereocenters. The first-order valence-electron chi connectivity index (χ1n) is 10.5. The molecule has 2 fully saturated rings. The van der Waals surface area contributed by atoms with E-state index in [0.29, 0.717) is 5.54 Å². The van der Waals surface area contributed by atoms with Crippen LogP contribution in [0.1, 0.15) is 58.8 Å². The fourth-order valence-corrected chi connectivity index (χ4v) is 4.30. The summed E-state index contributed by atoms with van der Waals surface area (Å²) in [7, 11) is 4.15. The molecule has 0 aromatic carbocycles. The lowest BCUT2D eigenvalue weighted by atomic mass is 9.84. The number of nitrogens with one attached hydrogen (secondary N) is 2. The number of rotatable bonds is 7. The molecule has 2 aliphatic rings. The topological polar surface area (TPSA) is 42.9 Å². The van der Waals surface area contributed by atoms with Gasteiger partial charge in [0, 0.05) is 25.7 Å². The lowest BCUT2D eigenvalue weighted by Crippen LogP contribution is -2.62. The fourth-order valence-electron chi connectivity index (χ4n) is 4.30. The monoisotopic (exact) mass is 351 g/mol. The molecule has 0 amide bonds. The Morgan fingerprint density at radius 1 is 1.00 bits per heavy atom. The van der Waals surface area contributed by atoms with Crippen molar-refractivity contribution in [2.75, 3.05) is 53.4 Å². The molecule has 0 aromatic rings. The average molecular weight is 352 g/mol. The zero-order valence-electron chi connectivity index (χ0n) is 17.1. The number of likely N-dealkylation sites (tertiary alicyclic amines) is 2. The van der Waals surface area contributed by atoms with Crippen LogP contribution in [-0.4, -0.2) is 74.7 Å². The second-order valence-corrected chi connectivity index (χ2v) is 8.06. The van der Waals surface area contributed by atoms with E-state index in [9.17, 15) is 0 Å². The van der Waals surface area contributed by atoms with Crippen LogP contribution >= 0.6 is 0 Å². The third-order valence-electron chi connectivity index (χ3n) is 6.47. The molecule has 0 aromatic heterocycles. The molecular weight excluding hydrogens is 310 g/mol. The van der Waals surface area contributed by atoms with Gasteiger partial charge in [-0.1, -0.05) is 33.1 Å². The van der Waals surface area contributed by atoms with Crippen LogP contribution in [0.15, 0.2) is 4.99 Å². The smallest absolute Gasteiger partial charge is 0.191 e. The van der Waals surface area contributed by atoms with Crippen molar-refractivity contribution >= 4 is 5.96 Å². The highest BCUT2D eigenvalue weighted by molar-refractivity contribution is 5.79. The van der Waals surface area contributed by atoms with Gasteiger partial charge in [0.1, 0.15) is 0 Å². The molecule has 2 rings (SSSR count). The Kier molecular flexibility index (Phi) is 8.50.